The van der Waals surface area contributed by atoms with Gasteiger partial charge < -0.3 is 49.6 Å². The van der Waals surface area contributed by atoms with Crippen LogP contribution >= 0.6 is 0 Å². The topological polar surface area (TPSA) is 164 Å². The molecule has 4 heterocycles. The SMILES string of the molecule is O=C(C1CCN(C[C@@H](O)COc2cccc3ncccc23)CC1)N(Cc1ccccc1)Cc1ccccc1.O=C([O-])C1CCN(C[C@@H](O)COc2cccc3ncccc23)CC1.[Li+].c1ccc(CNCc2ccccc2)cc1. The zero-order valence-corrected chi connectivity index (χ0v) is 44.8. The van der Waals surface area contributed by atoms with E-state index in [1.807, 2.05) is 114 Å². The van der Waals surface area contributed by atoms with Crippen LogP contribution in [0.2, 0.25) is 0 Å². The van der Waals surface area contributed by atoms with Crippen LogP contribution in [0.4, 0.5) is 0 Å². The fraction of sp³-hybridized carbons (Fsp3) is 0.312. The first-order valence-corrected chi connectivity index (χ1v) is 26.8. The number of nitrogens with one attached hydrogen (secondary N) is 1. The van der Waals surface area contributed by atoms with E-state index in [0.29, 0.717) is 57.9 Å². The molecule has 10 rings (SSSR count). The number of piperidine rings is 2. The van der Waals surface area contributed by atoms with E-state index in [1.165, 1.54) is 11.1 Å². The van der Waals surface area contributed by atoms with Crippen molar-refractivity contribution in [2.45, 2.75) is 64.1 Å². The molecular formula is C64H71LiN6O7. The number of carboxylic acid groups (broad SMARTS) is 1. The van der Waals surface area contributed by atoms with Crippen LogP contribution in [0, 0.1) is 11.8 Å². The first-order chi connectivity index (χ1) is 37.7. The Morgan fingerprint density at radius 2 is 0.910 bits per heavy atom. The molecule has 3 N–H and O–H groups in total. The number of carbonyl (C=O) groups excluding carboxylic acids is 2. The van der Waals surface area contributed by atoms with Crippen molar-refractivity contribution in [2.24, 2.45) is 11.8 Å². The van der Waals surface area contributed by atoms with Crippen LogP contribution in [0.25, 0.3) is 21.8 Å². The second-order valence-corrected chi connectivity index (χ2v) is 19.8. The van der Waals surface area contributed by atoms with E-state index >= 15 is 0 Å². The third kappa shape index (κ3) is 18.6. The monoisotopic (exact) mass is 1040 g/mol. The van der Waals surface area contributed by atoms with Crippen LogP contribution in [0.15, 0.2) is 194 Å². The average molecular weight is 1040 g/mol. The summed E-state index contributed by atoms with van der Waals surface area (Å²) in [7, 11) is 0. The van der Waals surface area contributed by atoms with Gasteiger partial charge in [-0.15, -0.1) is 0 Å². The predicted octanol–water partition coefficient (Wildman–Crippen LogP) is 5.33. The number of hydrogen-bond acceptors (Lipinski definition) is 12. The standard InChI is InChI=1S/C32H35N3O3.C18H22N2O4.C14H15N.Li/c36-28(24-38-31-15-7-14-30-29(31)13-8-18-33-30)23-34-19-16-27(17-20-34)32(37)35(21-25-9-3-1-4-10-25)22-26-11-5-2-6-12-26;21-14(11-20-9-6-13(7-10-20)18(22)23)12-24-17-5-1-4-16-15(17)3-2-8-19-16;1-3-7-13(8-4-1)11-15-12-14-9-5-2-6-10-14;/h1-15,18,27-28,36H,16-17,19-24H2;1-5,8,13-14,21H,6-7,9-12H2,(H,22,23);1-10,15H,11-12H2;/q;;;+1/p-1/t28-;14-;;/m11../s1. The molecule has 0 saturated carbocycles. The van der Waals surface area contributed by atoms with Crippen molar-refractivity contribution < 1.29 is 53.2 Å². The van der Waals surface area contributed by atoms with Gasteiger partial charge in [0.05, 0.1) is 11.0 Å². The Morgan fingerprint density at radius 3 is 1.31 bits per heavy atom. The summed E-state index contributed by atoms with van der Waals surface area (Å²) < 4.78 is 11.7. The molecule has 0 bridgehead atoms. The van der Waals surface area contributed by atoms with Crippen molar-refractivity contribution in [2.75, 3.05) is 52.5 Å². The van der Waals surface area contributed by atoms with Crippen molar-refractivity contribution in [3.05, 3.63) is 217 Å². The summed E-state index contributed by atoms with van der Waals surface area (Å²) in [5.41, 5.74) is 6.66. The van der Waals surface area contributed by atoms with E-state index in [0.717, 1.165) is 77.7 Å². The Bertz CT molecular complexity index is 2910. The van der Waals surface area contributed by atoms with Crippen LogP contribution in [0.3, 0.4) is 0 Å². The number of likely N-dealkylation sites (tertiary alicyclic amines) is 2. The number of fused-ring (bicyclic) bond motifs is 2. The number of β-amino-alcohol motifs (C(OH)–C–C–N with tert-alkyl or cyclic N) is 2. The number of rotatable bonds is 20. The second kappa shape index (κ2) is 31.5. The molecule has 1 amide bonds. The van der Waals surface area contributed by atoms with E-state index in [1.54, 1.807) is 12.4 Å². The maximum Gasteiger partial charge on any atom is 1.00 e. The molecule has 13 nitrogen and oxygen atoms in total. The number of aliphatic hydroxyl groups excluding tert-OH is 2. The fourth-order valence-electron chi connectivity index (χ4n) is 9.81. The minimum atomic E-state index is -0.969. The molecule has 2 aliphatic heterocycles. The number of carbonyl (C=O) groups is 2. The van der Waals surface area contributed by atoms with Gasteiger partial charge in [0.2, 0.25) is 5.91 Å². The fourth-order valence-corrected chi connectivity index (χ4v) is 9.81. The number of aliphatic carboxylic acids is 1. The number of aromatic nitrogens is 2. The minimum absolute atomic E-state index is 0. The van der Waals surface area contributed by atoms with Gasteiger partial charge >= 0.3 is 18.9 Å². The van der Waals surface area contributed by atoms with Gasteiger partial charge in [-0.05, 0) is 123 Å². The molecular weight excluding hydrogens is 972 g/mol. The maximum absolute atomic E-state index is 13.6. The van der Waals surface area contributed by atoms with Crippen molar-refractivity contribution in [1.82, 2.24) is 30.0 Å². The van der Waals surface area contributed by atoms with E-state index in [-0.39, 0.29) is 49.8 Å². The van der Waals surface area contributed by atoms with Gasteiger partial charge in [0, 0.05) is 80.2 Å². The van der Waals surface area contributed by atoms with Gasteiger partial charge in [-0.3, -0.25) is 14.8 Å². The molecule has 2 atom stereocenters. The molecule has 6 aromatic carbocycles. The zero-order chi connectivity index (χ0) is 53.4. The van der Waals surface area contributed by atoms with E-state index < -0.39 is 18.2 Å². The zero-order valence-electron chi connectivity index (χ0n) is 44.8. The minimum Gasteiger partial charge on any atom is -0.550 e. The second-order valence-electron chi connectivity index (χ2n) is 19.8. The molecule has 78 heavy (non-hydrogen) atoms. The summed E-state index contributed by atoms with van der Waals surface area (Å²) in [6.07, 6.45) is 4.99. The van der Waals surface area contributed by atoms with Gasteiger partial charge in [-0.25, -0.2) is 0 Å². The molecule has 2 saturated heterocycles. The number of benzene rings is 6. The number of hydrogen-bond donors (Lipinski definition) is 3. The molecule has 0 unspecified atom stereocenters. The predicted molar refractivity (Wildman–Crippen MR) is 300 cm³/mol. The number of pyridine rings is 2. The van der Waals surface area contributed by atoms with E-state index in [4.69, 9.17) is 9.47 Å². The summed E-state index contributed by atoms with van der Waals surface area (Å²) in [6, 6.07) is 60.4. The average Bonchev–Trinajstić information content (AvgIpc) is 3.47. The smallest absolute Gasteiger partial charge is 0.550 e. The Hall–Kier alpha value is -6.92. The molecule has 2 fully saturated rings. The number of ether oxygens (including phenoxy) is 2. The third-order valence-corrected chi connectivity index (χ3v) is 14.0. The van der Waals surface area contributed by atoms with Crippen molar-refractivity contribution in [3.63, 3.8) is 0 Å². The first-order valence-electron chi connectivity index (χ1n) is 26.8. The van der Waals surface area contributed by atoms with Crippen LogP contribution < -0.4 is 38.8 Å². The number of carboxylic acids is 1. The van der Waals surface area contributed by atoms with Crippen molar-refractivity contribution in [3.8, 4) is 11.5 Å². The Labute approximate surface area is 471 Å². The quantitative estimate of drug-likeness (QED) is 0.0843. The van der Waals surface area contributed by atoms with Gasteiger partial charge in [0.1, 0.15) is 36.9 Å². The van der Waals surface area contributed by atoms with E-state index in [2.05, 4.69) is 97.9 Å². The molecule has 0 radical (unpaired) electrons. The molecule has 400 valence electrons. The van der Waals surface area contributed by atoms with Gasteiger partial charge in [-0.1, -0.05) is 133 Å². The number of nitrogens with zero attached hydrogens (tertiary/aromatic N) is 5. The maximum atomic E-state index is 13.6. The third-order valence-electron chi connectivity index (χ3n) is 14.0. The van der Waals surface area contributed by atoms with Crippen LogP contribution in [0.1, 0.15) is 47.9 Å². The molecule has 2 aliphatic rings. The number of aliphatic hydroxyl groups is 2. The van der Waals surface area contributed by atoms with Gasteiger partial charge in [0.25, 0.3) is 0 Å². The molecule has 0 aliphatic carbocycles. The molecule has 0 spiro atoms. The molecule has 8 aromatic rings. The first kappa shape index (κ1) is 58.8. The Kier molecular flexibility index (Phi) is 23.7. The normalized spacial score (nSPS) is 14.8. The molecule has 14 heteroatoms. The summed E-state index contributed by atoms with van der Waals surface area (Å²) in [4.78, 5) is 39.4. The summed E-state index contributed by atoms with van der Waals surface area (Å²) in [5.74, 6) is 0.313. The Balaban J connectivity index is 0.000000187. The van der Waals surface area contributed by atoms with Gasteiger partial charge in [0.15, 0.2) is 0 Å². The van der Waals surface area contributed by atoms with E-state index in [9.17, 15) is 24.9 Å². The van der Waals surface area contributed by atoms with Crippen molar-refractivity contribution in [1.29, 1.82) is 0 Å². The summed E-state index contributed by atoms with van der Waals surface area (Å²) >= 11 is 0. The van der Waals surface area contributed by atoms with Crippen LogP contribution in [-0.2, 0) is 35.8 Å². The van der Waals surface area contributed by atoms with Crippen LogP contribution in [0.5, 0.6) is 11.5 Å². The Morgan fingerprint density at radius 1 is 0.526 bits per heavy atom. The van der Waals surface area contributed by atoms with Crippen LogP contribution in [-0.4, -0.2) is 111 Å². The summed E-state index contributed by atoms with van der Waals surface area (Å²) in [5, 5.41) is 37.0. The summed E-state index contributed by atoms with van der Waals surface area (Å²) in [6.45, 7) is 7.37. The number of amides is 1. The molecule has 2 aromatic heterocycles. The van der Waals surface area contributed by atoms with Crippen molar-refractivity contribution >= 4 is 33.7 Å². The largest absolute Gasteiger partial charge is 1.00 e. The van der Waals surface area contributed by atoms with Gasteiger partial charge in [-0.2, -0.15) is 0 Å².